The van der Waals surface area contributed by atoms with Gasteiger partial charge in [0, 0.05) is 30.0 Å². The summed E-state index contributed by atoms with van der Waals surface area (Å²) in [5.41, 5.74) is -3.30. The molecule has 0 fully saturated rings. The van der Waals surface area contributed by atoms with Gasteiger partial charge in [0.15, 0.2) is 11.6 Å². The molecule has 1 N–H and O–H groups in total. The van der Waals surface area contributed by atoms with Crippen LogP contribution in [-0.4, -0.2) is 15.7 Å². The van der Waals surface area contributed by atoms with Crippen LogP contribution in [0.15, 0.2) is 23.1 Å². The third kappa shape index (κ3) is 3.28. The largest absolute Gasteiger partial charge is 0.321 e. The third-order valence-electron chi connectivity index (χ3n) is 4.74. The Morgan fingerprint density at radius 1 is 1.27 bits per heavy atom. The number of nitriles is 1. The number of aryl methyl sites for hydroxylation is 1. The Hall–Kier alpha value is -3.74. The zero-order chi connectivity index (χ0) is 22.3. The summed E-state index contributed by atoms with van der Waals surface area (Å²) in [4.78, 5) is 26.9. The Balaban J connectivity index is 2.30. The minimum atomic E-state index is -1.46. The van der Waals surface area contributed by atoms with Crippen LogP contribution < -0.4 is 10.9 Å². The smallest absolute Gasteiger partial charge is 0.303 e. The molecule has 3 aromatic rings. The van der Waals surface area contributed by atoms with Gasteiger partial charge >= 0.3 is 5.56 Å². The molecule has 0 aliphatic heterocycles. The lowest BCUT2D eigenvalue weighted by atomic mass is 9.93. The fourth-order valence-electron chi connectivity index (χ4n) is 3.25. The lowest BCUT2D eigenvalue weighted by Gasteiger charge is -2.17. The molecule has 154 valence electrons. The normalized spacial score (nSPS) is 11.9. The molecule has 1 atom stereocenters. The van der Waals surface area contributed by atoms with Crippen molar-refractivity contribution >= 4 is 22.5 Å². The maximum absolute atomic E-state index is 14.9. The van der Waals surface area contributed by atoms with E-state index in [1.807, 2.05) is 0 Å². The fraction of sp³-hybridized carbons (Fsp3) is 0.200. The van der Waals surface area contributed by atoms with Crippen LogP contribution >= 0.6 is 0 Å². The second kappa shape index (κ2) is 7.59. The number of fused-ring (bicyclic) bond motifs is 1. The van der Waals surface area contributed by atoms with Crippen molar-refractivity contribution in [3.05, 3.63) is 68.5 Å². The first kappa shape index (κ1) is 21.0. The van der Waals surface area contributed by atoms with E-state index in [2.05, 4.69) is 10.3 Å². The highest BCUT2D eigenvalue weighted by molar-refractivity contribution is 5.95. The van der Waals surface area contributed by atoms with E-state index < -0.39 is 61.8 Å². The molecule has 30 heavy (non-hydrogen) atoms. The number of carbonyl (C=O) groups is 1. The van der Waals surface area contributed by atoms with Gasteiger partial charge in [-0.15, -0.1) is 4.79 Å². The van der Waals surface area contributed by atoms with Crippen molar-refractivity contribution < 1.29 is 22.4 Å². The van der Waals surface area contributed by atoms with Gasteiger partial charge in [-0.25, -0.2) is 13.2 Å². The molecule has 6 nitrogen and oxygen atoms in total. The summed E-state index contributed by atoms with van der Waals surface area (Å²) in [7, 11) is 0. The van der Waals surface area contributed by atoms with E-state index >= 15 is 0 Å². The average molecular weight is 418 g/mol. The molecule has 0 spiro atoms. The predicted octanol–water partition coefficient (Wildman–Crippen LogP) is 3.84. The number of aromatic nitrogens is 2. The highest BCUT2D eigenvalue weighted by atomic mass is 19.2. The number of amides is 1. The van der Waals surface area contributed by atoms with E-state index in [9.17, 15) is 27.2 Å². The summed E-state index contributed by atoms with van der Waals surface area (Å²) < 4.78 is 58.8. The Kier molecular flexibility index (Phi) is 5.31. The molecule has 0 bridgehead atoms. The summed E-state index contributed by atoms with van der Waals surface area (Å²) in [5.74, 6) is -5.61. The molecule has 0 aliphatic rings. The van der Waals surface area contributed by atoms with Crippen molar-refractivity contribution in [1.29, 1.82) is 5.26 Å². The van der Waals surface area contributed by atoms with Crippen LogP contribution in [0.4, 0.5) is 23.3 Å². The lowest BCUT2D eigenvalue weighted by Crippen LogP contribution is -2.24. The number of benzene rings is 1. The SMILES string of the molecule is CC(=O)Nc1c(C)c2c(F)c(F)c([C@H](C)c3ncc(C#N)cc3F)cc2n(F)c1=O. The first-order valence-corrected chi connectivity index (χ1v) is 8.64. The highest BCUT2D eigenvalue weighted by Gasteiger charge is 2.26. The molecule has 1 aromatic carbocycles. The standard InChI is InChI=1S/C20H14F4N4O2/c1-8(18-13(21)4-11(6-25)7-26-18)12-5-14-15(17(23)16(12)22)9(2)19(27-10(3)29)20(30)28(14)24/h4-5,7-8H,1-3H3,(H,27,29)/t8-/m0/s1. The van der Waals surface area contributed by atoms with Gasteiger partial charge in [0.05, 0.1) is 16.8 Å². The second-order valence-corrected chi connectivity index (χ2v) is 6.68. The van der Waals surface area contributed by atoms with Crippen LogP contribution in [0.25, 0.3) is 10.9 Å². The van der Waals surface area contributed by atoms with Gasteiger partial charge in [-0.05, 0) is 24.6 Å². The molecule has 10 heteroatoms. The number of nitrogens with one attached hydrogen (secondary N) is 1. The van der Waals surface area contributed by atoms with Crippen molar-refractivity contribution in [2.75, 3.05) is 5.32 Å². The number of rotatable bonds is 3. The van der Waals surface area contributed by atoms with Crippen molar-refractivity contribution in [1.82, 2.24) is 9.77 Å². The van der Waals surface area contributed by atoms with E-state index in [4.69, 9.17) is 5.26 Å². The minimum absolute atomic E-state index is 0.0627. The van der Waals surface area contributed by atoms with E-state index in [0.29, 0.717) is 0 Å². The van der Waals surface area contributed by atoms with Crippen molar-refractivity contribution in [3.8, 4) is 6.07 Å². The molecule has 0 saturated carbocycles. The number of halogens is 4. The van der Waals surface area contributed by atoms with Gasteiger partial charge in [0.25, 0.3) is 0 Å². The molecule has 2 aromatic heterocycles. The summed E-state index contributed by atoms with van der Waals surface area (Å²) in [6.07, 6.45) is 1.07. The van der Waals surface area contributed by atoms with Crippen molar-refractivity contribution in [2.24, 2.45) is 0 Å². The maximum atomic E-state index is 14.9. The highest BCUT2D eigenvalue weighted by Crippen LogP contribution is 2.34. The van der Waals surface area contributed by atoms with E-state index in [0.717, 1.165) is 25.3 Å². The van der Waals surface area contributed by atoms with Gasteiger partial charge in [0.1, 0.15) is 17.6 Å². The van der Waals surface area contributed by atoms with Crippen LogP contribution in [0.2, 0.25) is 0 Å². The predicted molar refractivity (Wildman–Crippen MR) is 100 cm³/mol. The van der Waals surface area contributed by atoms with Crippen LogP contribution in [-0.2, 0) is 4.79 Å². The molecule has 0 unspecified atom stereocenters. The van der Waals surface area contributed by atoms with Gasteiger partial charge in [-0.1, -0.05) is 11.4 Å². The number of carbonyl (C=O) groups excluding carboxylic acids is 1. The summed E-state index contributed by atoms with van der Waals surface area (Å²) in [6.45, 7) is 3.63. The van der Waals surface area contributed by atoms with E-state index in [1.54, 1.807) is 6.07 Å². The van der Waals surface area contributed by atoms with Gasteiger partial charge in [-0.2, -0.15) is 5.26 Å². The van der Waals surface area contributed by atoms with Crippen LogP contribution in [0.3, 0.4) is 0 Å². The quantitative estimate of drug-likeness (QED) is 0.655. The monoisotopic (exact) mass is 418 g/mol. The molecular weight excluding hydrogens is 404 g/mol. The van der Waals surface area contributed by atoms with E-state index in [-0.39, 0.29) is 16.8 Å². The molecule has 1 amide bonds. The number of hydrogen-bond donors (Lipinski definition) is 1. The summed E-state index contributed by atoms with van der Waals surface area (Å²) >= 11 is 0. The average Bonchev–Trinajstić information content (AvgIpc) is 2.70. The van der Waals surface area contributed by atoms with Crippen molar-refractivity contribution in [3.63, 3.8) is 0 Å². The zero-order valence-electron chi connectivity index (χ0n) is 16.0. The third-order valence-corrected chi connectivity index (χ3v) is 4.74. The Labute approximate surface area is 167 Å². The van der Waals surface area contributed by atoms with Crippen molar-refractivity contribution in [2.45, 2.75) is 26.7 Å². The first-order valence-electron chi connectivity index (χ1n) is 8.64. The number of nitrogens with zero attached hydrogens (tertiary/aromatic N) is 3. The van der Waals surface area contributed by atoms with Crippen LogP contribution in [0, 0.1) is 35.7 Å². The molecule has 0 saturated heterocycles. The lowest BCUT2D eigenvalue weighted by molar-refractivity contribution is -0.114. The molecule has 3 rings (SSSR count). The topological polar surface area (TPSA) is 87.8 Å². The first-order chi connectivity index (χ1) is 14.1. The Bertz CT molecular complexity index is 1310. The van der Waals surface area contributed by atoms with Gasteiger partial charge in [0.2, 0.25) is 5.91 Å². The zero-order valence-corrected chi connectivity index (χ0v) is 16.0. The Morgan fingerprint density at radius 3 is 2.50 bits per heavy atom. The molecule has 2 heterocycles. The molecule has 0 radical (unpaired) electrons. The molecule has 0 aliphatic carbocycles. The van der Waals surface area contributed by atoms with E-state index in [1.165, 1.54) is 13.8 Å². The number of anilines is 1. The summed E-state index contributed by atoms with van der Waals surface area (Å²) in [5, 5.41) is 10.4. The number of pyridine rings is 2. The van der Waals surface area contributed by atoms with Crippen LogP contribution in [0.5, 0.6) is 0 Å². The summed E-state index contributed by atoms with van der Waals surface area (Å²) in [6, 6.07) is 3.49. The van der Waals surface area contributed by atoms with Crippen LogP contribution in [0.1, 0.15) is 42.1 Å². The molecular formula is C20H14F4N4O2. The number of hydrogen-bond acceptors (Lipinski definition) is 4. The second-order valence-electron chi connectivity index (χ2n) is 6.68. The maximum Gasteiger partial charge on any atom is 0.303 e. The van der Waals surface area contributed by atoms with Gasteiger partial charge in [-0.3, -0.25) is 14.6 Å². The minimum Gasteiger partial charge on any atom is -0.321 e. The Morgan fingerprint density at radius 2 is 1.93 bits per heavy atom. The van der Waals surface area contributed by atoms with Gasteiger partial charge < -0.3 is 5.32 Å². The fourth-order valence-corrected chi connectivity index (χ4v) is 3.25.